The lowest BCUT2D eigenvalue weighted by Crippen LogP contribution is -1.91. The van der Waals surface area contributed by atoms with Crippen molar-refractivity contribution >= 4 is 35.2 Å². The van der Waals surface area contributed by atoms with E-state index in [9.17, 15) is 14.9 Å². The number of furan rings is 1. The van der Waals surface area contributed by atoms with Gasteiger partial charge in [0.05, 0.1) is 15.5 Å². The van der Waals surface area contributed by atoms with Gasteiger partial charge < -0.3 is 4.42 Å². The first-order valence-electron chi connectivity index (χ1n) is 4.72. The van der Waals surface area contributed by atoms with Crippen molar-refractivity contribution in [2.45, 2.75) is 0 Å². The van der Waals surface area contributed by atoms with E-state index in [1.807, 2.05) is 0 Å². The van der Waals surface area contributed by atoms with Crippen LogP contribution >= 0.6 is 23.2 Å². The number of benzene rings is 1. The van der Waals surface area contributed by atoms with Gasteiger partial charge >= 0.3 is 0 Å². The van der Waals surface area contributed by atoms with E-state index in [0.717, 1.165) is 0 Å². The van der Waals surface area contributed by atoms with Crippen LogP contribution in [0.15, 0.2) is 28.7 Å². The van der Waals surface area contributed by atoms with Crippen LogP contribution < -0.4 is 0 Å². The monoisotopic (exact) mass is 285 g/mol. The van der Waals surface area contributed by atoms with Crippen LogP contribution in [0.1, 0.15) is 10.6 Å². The Kier molecular flexibility index (Phi) is 3.36. The maximum atomic E-state index is 10.8. The Morgan fingerprint density at radius 1 is 1.22 bits per heavy atom. The summed E-state index contributed by atoms with van der Waals surface area (Å²) in [5.41, 5.74) is -0.0826. The summed E-state index contributed by atoms with van der Waals surface area (Å²) in [7, 11) is 0. The van der Waals surface area contributed by atoms with E-state index >= 15 is 0 Å². The lowest BCUT2D eigenvalue weighted by atomic mass is 10.1. The Morgan fingerprint density at radius 2 is 1.94 bits per heavy atom. The highest BCUT2D eigenvalue weighted by Gasteiger charge is 2.21. The molecule has 18 heavy (non-hydrogen) atoms. The van der Waals surface area contributed by atoms with E-state index in [4.69, 9.17) is 27.6 Å². The molecule has 2 aromatic rings. The Morgan fingerprint density at radius 3 is 2.50 bits per heavy atom. The van der Waals surface area contributed by atoms with E-state index in [-0.39, 0.29) is 32.8 Å². The summed E-state index contributed by atoms with van der Waals surface area (Å²) in [5.74, 6) is 0.291. The first-order chi connectivity index (χ1) is 8.54. The molecule has 1 heterocycles. The van der Waals surface area contributed by atoms with Crippen molar-refractivity contribution in [3.63, 3.8) is 0 Å². The van der Waals surface area contributed by atoms with Gasteiger partial charge in [-0.2, -0.15) is 0 Å². The summed E-state index contributed by atoms with van der Waals surface area (Å²) in [6, 6.07) is 5.45. The smallest absolute Gasteiger partial charge is 0.288 e. The highest BCUT2D eigenvalue weighted by Crippen LogP contribution is 2.40. The molecule has 0 N–H and O–H groups in total. The summed E-state index contributed by atoms with van der Waals surface area (Å²) >= 11 is 11.9. The molecule has 0 aliphatic rings. The van der Waals surface area contributed by atoms with Gasteiger partial charge in [-0.05, 0) is 18.2 Å². The summed E-state index contributed by atoms with van der Waals surface area (Å²) in [6.07, 6.45) is 0.517. The van der Waals surface area contributed by atoms with Crippen LogP contribution in [0.25, 0.3) is 11.3 Å². The third kappa shape index (κ3) is 2.10. The summed E-state index contributed by atoms with van der Waals surface area (Å²) < 4.78 is 5.16. The van der Waals surface area contributed by atoms with Gasteiger partial charge in [0.25, 0.3) is 5.69 Å². The number of nitro groups is 1. The second-order valence-electron chi connectivity index (χ2n) is 3.33. The van der Waals surface area contributed by atoms with Gasteiger partial charge in [-0.1, -0.05) is 23.2 Å². The molecular formula is C11H5Cl2NO4. The highest BCUT2D eigenvalue weighted by atomic mass is 35.5. The van der Waals surface area contributed by atoms with E-state index < -0.39 is 4.92 Å². The maximum absolute atomic E-state index is 10.8. The molecule has 1 aromatic carbocycles. The lowest BCUT2D eigenvalue weighted by Gasteiger charge is -2.04. The second kappa shape index (κ2) is 4.80. The van der Waals surface area contributed by atoms with E-state index in [2.05, 4.69) is 0 Å². The summed E-state index contributed by atoms with van der Waals surface area (Å²) in [6.45, 7) is 0. The molecule has 0 saturated heterocycles. The second-order valence-corrected chi connectivity index (χ2v) is 4.12. The number of nitrogens with zero attached hydrogens (tertiary/aromatic N) is 1. The minimum Gasteiger partial charge on any atom is -0.453 e. The molecule has 0 unspecified atom stereocenters. The molecule has 92 valence electrons. The largest absolute Gasteiger partial charge is 0.453 e. The average molecular weight is 286 g/mol. The van der Waals surface area contributed by atoms with Crippen LogP contribution in [0.5, 0.6) is 0 Å². The third-order valence-corrected chi connectivity index (χ3v) is 2.95. The van der Waals surface area contributed by atoms with Gasteiger partial charge in [-0.25, -0.2) is 0 Å². The van der Waals surface area contributed by atoms with Crippen LogP contribution in [0.2, 0.25) is 10.0 Å². The molecule has 0 radical (unpaired) electrons. The fraction of sp³-hybridized carbons (Fsp3) is 0. The van der Waals surface area contributed by atoms with Crippen molar-refractivity contribution in [1.29, 1.82) is 0 Å². The molecule has 0 aliphatic heterocycles. The molecule has 0 amide bonds. The Bertz CT molecular complexity index is 636. The van der Waals surface area contributed by atoms with Crippen LogP contribution in [0, 0.1) is 10.1 Å². The summed E-state index contributed by atoms with van der Waals surface area (Å²) in [5, 5.41) is 10.8. The van der Waals surface area contributed by atoms with E-state index in [1.54, 1.807) is 0 Å². The van der Waals surface area contributed by atoms with Gasteiger partial charge in [0, 0.05) is 6.07 Å². The van der Waals surface area contributed by atoms with Crippen molar-refractivity contribution < 1.29 is 14.1 Å². The highest BCUT2D eigenvalue weighted by molar-refractivity contribution is 6.40. The van der Waals surface area contributed by atoms with Crippen molar-refractivity contribution in [3.05, 3.63) is 50.2 Å². The third-order valence-electron chi connectivity index (χ3n) is 2.26. The SMILES string of the molecule is O=Cc1ccc(-c2c(Cl)ccc([N+](=O)[O-])c2Cl)o1. The van der Waals surface area contributed by atoms with Crippen molar-refractivity contribution in [2.24, 2.45) is 0 Å². The predicted octanol–water partition coefficient (Wildman–Crippen LogP) is 3.97. The lowest BCUT2D eigenvalue weighted by molar-refractivity contribution is -0.384. The standard InChI is InChI=1S/C11H5Cl2NO4/c12-7-2-3-8(14(16)17)11(13)10(7)9-4-1-6(5-15)18-9/h1-5H. The Hall–Kier alpha value is -1.85. The zero-order chi connectivity index (χ0) is 13.3. The van der Waals surface area contributed by atoms with Gasteiger partial charge in [-0.3, -0.25) is 14.9 Å². The Labute approximate surface area is 111 Å². The van der Waals surface area contributed by atoms with Crippen molar-refractivity contribution in [1.82, 2.24) is 0 Å². The quantitative estimate of drug-likeness (QED) is 0.486. The molecule has 0 bridgehead atoms. The first kappa shape index (κ1) is 12.6. The number of hydrogen-bond donors (Lipinski definition) is 0. The van der Waals surface area contributed by atoms with Crippen LogP contribution in [0.4, 0.5) is 5.69 Å². The molecule has 0 saturated carbocycles. The molecule has 0 fully saturated rings. The van der Waals surface area contributed by atoms with Gasteiger partial charge in [-0.15, -0.1) is 0 Å². The zero-order valence-electron chi connectivity index (χ0n) is 8.72. The van der Waals surface area contributed by atoms with Crippen LogP contribution in [0.3, 0.4) is 0 Å². The zero-order valence-corrected chi connectivity index (χ0v) is 10.2. The topological polar surface area (TPSA) is 73.3 Å². The van der Waals surface area contributed by atoms with Gasteiger partial charge in [0.1, 0.15) is 10.8 Å². The number of carbonyl (C=O) groups excluding carboxylic acids is 1. The number of hydrogen-bond acceptors (Lipinski definition) is 4. The van der Waals surface area contributed by atoms with Crippen molar-refractivity contribution in [3.8, 4) is 11.3 Å². The van der Waals surface area contributed by atoms with Gasteiger partial charge in [0.15, 0.2) is 12.0 Å². The number of halogens is 2. The van der Waals surface area contributed by atoms with E-state index in [0.29, 0.717) is 6.29 Å². The minimum atomic E-state index is -0.619. The van der Waals surface area contributed by atoms with Gasteiger partial charge in [0.2, 0.25) is 0 Å². The van der Waals surface area contributed by atoms with E-state index in [1.165, 1.54) is 24.3 Å². The first-order valence-corrected chi connectivity index (χ1v) is 5.48. The molecule has 5 nitrogen and oxygen atoms in total. The van der Waals surface area contributed by atoms with Crippen molar-refractivity contribution in [2.75, 3.05) is 0 Å². The minimum absolute atomic E-state index is 0.0867. The fourth-order valence-electron chi connectivity index (χ4n) is 1.46. The number of carbonyl (C=O) groups is 1. The van der Waals surface area contributed by atoms with Crippen LogP contribution in [-0.4, -0.2) is 11.2 Å². The molecule has 0 atom stereocenters. The average Bonchev–Trinajstić information content (AvgIpc) is 2.77. The fourth-order valence-corrected chi connectivity index (χ4v) is 2.08. The molecule has 1 aromatic heterocycles. The molecular weight excluding hydrogens is 281 g/mol. The molecule has 0 spiro atoms. The molecule has 7 heteroatoms. The summed E-state index contributed by atoms with van der Waals surface area (Å²) in [4.78, 5) is 20.7. The maximum Gasteiger partial charge on any atom is 0.288 e. The number of rotatable bonds is 3. The number of aldehydes is 1. The molecule has 2 rings (SSSR count). The molecule has 0 aliphatic carbocycles. The number of nitro benzene ring substituents is 1. The van der Waals surface area contributed by atoms with Crippen LogP contribution in [-0.2, 0) is 0 Å². The Balaban J connectivity index is 2.65. The normalized spacial score (nSPS) is 10.3. The predicted molar refractivity (Wildman–Crippen MR) is 66.2 cm³/mol.